The van der Waals surface area contributed by atoms with Crippen LogP contribution in [0.1, 0.15) is 34.1 Å². The first kappa shape index (κ1) is 17.7. The number of benzene rings is 1. The number of hydrogen-bond donors (Lipinski definition) is 1. The molecule has 3 rings (SSSR count). The topological polar surface area (TPSA) is 57.6 Å². The number of carbonyl (C=O) groups is 2. The van der Waals surface area contributed by atoms with E-state index >= 15 is 0 Å². The molecule has 2 heterocycles. The summed E-state index contributed by atoms with van der Waals surface area (Å²) >= 11 is 1.77. The van der Waals surface area contributed by atoms with Crippen molar-refractivity contribution in [2.75, 3.05) is 13.1 Å². The highest BCUT2D eigenvalue weighted by molar-refractivity contribution is 7.11. The lowest BCUT2D eigenvalue weighted by Crippen LogP contribution is -2.29. The number of carboxylic acids is 1. The second kappa shape index (κ2) is 7.83. The van der Waals surface area contributed by atoms with Gasteiger partial charge in [-0.15, -0.1) is 11.3 Å². The summed E-state index contributed by atoms with van der Waals surface area (Å²) in [6.45, 7) is 2.89. The van der Waals surface area contributed by atoms with Crippen LogP contribution in [0, 0.1) is 12.8 Å². The fourth-order valence-corrected chi connectivity index (χ4v) is 4.42. The van der Waals surface area contributed by atoms with Crippen molar-refractivity contribution in [3.8, 4) is 0 Å². The monoisotopic (exact) mass is 357 g/mol. The van der Waals surface area contributed by atoms with Crippen LogP contribution in [0.25, 0.3) is 0 Å². The predicted molar refractivity (Wildman–Crippen MR) is 98.9 cm³/mol. The molecule has 1 fully saturated rings. The van der Waals surface area contributed by atoms with Crippen molar-refractivity contribution >= 4 is 23.2 Å². The molecule has 132 valence electrons. The van der Waals surface area contributed by atoms with Crippen molar-refractivity contribution in [2.24, 2.45) is 5.92 Å². The Labute approximate surface area is 152 Å². The standard InChI is InChI=1S/C20H23NO3S/c1-14-10-11-16(25-14)8-5-9-19(22)21-12-17(18(13-21)20(23)24)15-6-3-2-4-7-15/h2-4,6-7,10-11,17-18H,5,8-9,12-13H2,1H3,(H,23,24). The third-order valence-electron chi connectivity index (χ3n) is 4.83. The summed E-state index contributed by atoms with van der Waals surface area (Å²) in [7, 11) is 0. The number of carbonyl (C=O) groups excluding carboxylic acids is 1. The Balaban J connectivity index is 1.58. The second-order valence-electron chi connectivity index (χ2n) is 6.63. The molecule has 4 nitrogen and oxygen atoms in total. The zero-order chi connectivity index (χ0) is 17.8. The average Bonchev–Trinajstić information content (AvgIpc) is 3.22. The van der Waals surface area contributed by atoms with Crippen molar-refractivity contribution in [3.63, 3.8) is 0 Å². The fourth-order valence-electron chi connectivity index (χ4n) is 3.49. The quantitative estimate of drug-likeness (QED) is 0.857. The molecule has 0 aliphatic carbocycles. The molecule has 25 heavy (non-hydrogen) atoms. The van der Waals surface area contributed by atoms with Crippen LogP contribution in [0.3, 0.4) is 0 Å². The highest BCUT2D eigenvalue weighted by atomic mass is 32.1. The first-order valence-corrected chi connectivity index (χ1v) is 9.47. The molecule has 0 bridgehead atoms. The van der Waals surface area contributed by atoms with E-state index < -0.39 is 11.9 Å². The first-order valence-electron chi connectivity index (χ1n) is 8.65. The minimum Gasteiger partial charge on any atom is -0.481 e. The Hall–Kier alpha value is -2.14. The summed E-state index contributed by atoms with van der Waals surface area (Å²) < 4.78 is 0. The molecule has 1 aromatic carbocycles. The maximum Gasteiger partial charge on any atom is 0.308 e. The molecular weight excluding hydrogens is 334 g/mol. The highest BCUT2D eigenvalue weighted by Crippen LogP contribution is 2.33. The van der Waals surface area contributed by atoms with Crippen LogP contribution < -0.4 is 0 Å². The zero-order valence-electron chi connectivity index (χ0n) is 14.4. The summed E-state index contributed by atoms with van der Waals surface area (Å²) in [5.74, 6) is -1.40. The van der Waals surface area contributed by atoms with Gasteiger partial charge in [0, 0.05) is 35.2 Å². The van der Waals surface area contributed by atoms with Gasteiger partial charge in [0.25, 0.3) is 0 Å². The number of thiophene rings is 1. The van der Waals surface area contributed by atoms with Crippen molar-refractivity contribution in [3.05, 3.63) is 57.8 Å². The number of carboxylic acid groups (broad SMARTS) is 1. The average molecular weight is 357 g/mol. The molecule has 1 aliphatic rings. The number of likely N-dealkylation sites (tertiary alicyclic amines) is 1. The highest BCUT2D eigenvalue weighted by Gasteiger charge is 2.40. The van der Waals surface area contributed by atoms with Crippen LogP contribution in [0.5, 0.6) is 0 Å². The van der Waals surface area contributed by atoms with Gasteiger partial charge in [0.05, 0.1) is 5.92 Å². The van der Waals surface area contributed by atoms with Gasteiger partial charge in [-0.25, -0.2) is 0 Å². The van der Waals surface area contributed by atoms with Gasteiger partial charge in [-0.05, 0) is 37.5 Å². The van der Waals surface area contributed by atoms with E-state index in [2.05, 4.69) is 19.1 Å². The lowest BCUT2D eigenvalue weighted by Gasteiger charge is -2.16. The summed E-state index contributed by atoms with van der Waals surface area (Å²) in [5.41, 5.74) is 0.999. The molecule has 0 saturated carbocycles. The summed E-state index contributed by atoms with van der Waals surface area (Å²) in [6, 6.07) is 13.9. The largest absolute Gasteiger partial charge is 0.481 e. The minimum atomic E-state index is -0.821. The smallest absolute Gasteiger partial charge is 0.308 e. The Kier molecular flexibility index (Phi) is 5.53. The summed E-state index contributed by atoms with van der Waals surface area (Å²) in [6.07, 6.45) is 2.19. The molecule has 1 N–H and O–H groups in total. The second-order valence-corrected chi connectivity index (χ2v) is 8.00. The number of rotatable bonds is 6. The van der Waals surface area contributed by atoms with E-state index in [9.17, 15) is 14.7 Å². The molecule has 2 unspecified atom stereocenters. The van der Waals surface area contributed by atoms with Gasteiger partial charge in [0.2, 0.25) is 5.91 Å². The van der Waals surface area contributed by atoms with Crippen LogP contribution in [0.15, 0.2) is 42.5 Å². The molecule has 2 aromatic rings. The maximum atomic E-state index is 12.5. The molecule has 1 aromatic heterocycles. The molecule has 5 heteroatoms. The maximum absolute atomic E-state index is 12.5. The van der Waals surface area contributed by atoms with Gasteiger partial charge in [0.15, 0.2) is 0 Å². The normalized spacial score (nSPS) is 20.0. The van der Waals surface area contributed by atoms with E-state index in [-0.39, 0.29) is 11.8 Å². The zero-order valence-corrected chi connectivity index (χ0v) is 15.2. The number of nitrogens with zero attached hydrogens (tertiary/aromatic N) is 1. The SMILES string of the molecule is Cc1ccc(CCCC(=O)N2CC(C(=O)O)C(c3ccccc3)C2)s1. The molecule has 1 amide bonds. The van der Waals surface area contributed by atoms with Crippen molar-refractivity contribution in [2.45, 2.75) is 32.1 Å². The predicted octanol–water partition coefficient (Wildman–Crippen LogP) is 3.71. The van der Waals surface area contributed by atoms with E-state index in [1.807, 2.05) is 30.3 Å². The number of aliphatic carboxylic acids is 1. The van der Waals surface area contributed by atoms with Crippen molar-refractivity contribution in [1.82, 2.24) is 4.90 Å². The van der Waals surface area contributed by atoms with E-state index in [4.69, 9.17) is 0 Å². The van der Waals surface area contributed by atoms with Crippen LogP contribution in [0.4, 0.5) is 0 Å². The molecule has 1 saturated heterocycles. The number of amides is 1. The van der Waals surface area contributed by atoms with Gasteiger partial charge in [-0.2, -0.15) is 0 Å². The lowest BCUT2D eigenvalue weighted by atomic mass is 9.89. The van der Waals surface area contributed by atoms with Gasteiger partial charge in [0.1, 0.15) is 0 Å². The third kappa shape index (κ3) is 4.28. The van der Waals surface area contributed by atoms with Crippen molar-refractivity contribution < 1.29 is 14.7 Å². The summed E-state index contributed by atoms with van der Waals surface area (Å²) in [4.78, 5) is 28.5. The Morgan fingerprint density at radius 2 is 1.92 bits per heavy atom. The molecular formula is C20H23NO3S. The molecule has 2 atom stereocenters. The summed E-state index contributed by atoms with van der Waals surface area (Å²) in [5, 5.41) is 9.54. The van der Waals surface area contributed by atoms with Crippen LogP contribution in [0.2, 0.25) is 0 Å². The van der Waals surface area contributed by atoms with Gasteiger partial charge in [-0.3, -0.25) is 9.59 Å². The Bertz CT molecular complexity index is 740. The van der Waals surface area contributed by atoms with Gasteiger partial charge < -0.3 is 10.0 Å². The van der Waals surface area contributed by atoms with Crippen molar-refractivity contribution in [1.29, 1.82) is 0 Å². The van der Waals surface area contributed by atoms with E-state index in [1.165, 1.54) is 9.75 Å². The van der Waals surface area contributed by atoms with Gasteiger partial charge in [-0.1, -0.05) is 30.3 Å². The van der Waals surface area contributed by atoms with E-state index in [0.717, 1.165) is 18.4 Å². The fraction of sp³-hybridized carbons (Fsp3) is 0.400. The van der Waals surface area contributed by atoms with Gasteiger partial charge >= 0.3 is 5.97 Å². The Morgan fingerprint density at radius 3 is 2.56 bits per heavy atom. The Morgan fingerprint density at radius 1 is 1.16 bits per heavy atom. The first-order chi connectivity index (χ1) is 12.0. The minimum absolute atomic E-state index is 0.0676. The third-order valence-corrected chi connectivity index (χ3v) is 5.89. The number of hydrogen-bond acceptors (Lipinski definition) is 3. The number of aryl methyl sites for hydroxylation is 2. The van der Waals surface area contributed by atoms with Crippen LogP contribution in [-0.2, 0) is 16.0 Å². The molecule has 0 spiro atoms. The van der Waals surface area contributed by atoms with Crippen LogP contribution >= 0.6 is 11.3 Å². The van der Waals surface area contributed by atoms with E-state index in [1.54, 1.807) is 16.2 Å². The van der Waals surface area contributed by atoms with E-state index in [0.29, 0.717) is 19.5 Å². The molecule has 1 aliphatic heterocycles. The van der Waals surface area contributed by atoms with Crippen LogP contribution in [-0.4, -0.2) is 35.0 Å². The molecule has 0 radical (unpaired) electrons. The lowest BCUT2D eigenvalue weighted by molar-refractivity contribution is -0.141.